The summed E-state index contributed by atoms with van der Waals surface area (Å²) in [5.74, 6) is -0.218. The lowest BCUT2D eigenvalue weighted by atomic mass is 9.77. The minimum absolute atomic E-state index is 0.218. The van der Waals surface area contributed by atoms with Crippen LogP contribution in [-0.2, 0) is 5.41 Å². The van der Waals surface area contributed by atoms with Crippen molar-refractivity contribution in [1.82, 2.24) is 9.97 Å². The zero-order chi connectivity index (χ0) is 13.3. The third kappa shape index (κ3) is 1.87. The van der Waals surface area contributed by atoms with Gasteiger partial charge in [0.2, 0.25) is 0 Å². The van der Waals surface area contributed by atoms with Gasteiger partial charge in [-0.25, -0.2) is 4.39 Å². The Balaban J connectivity index is 2.20. The summed E-state index contributed by atoms with van der Waals surface area (Å²) < 4.78 is 13.1. The van der Waals surface area contributed by atoms with E-state index in [2.05, 4.69) is 16.9 Å². The van der Waals surface area contributed by atoms with E-state index in [1.165, 1.54) is 12.1 Å². The van der Waals surface area contributed by atoms with Crippen molar-refractivity contribution in [3.63, 3.8) is 0 Å². The van der Waals surface area contributed by atoms with Gasteiger partial charge in [-0.1, -0.05) is 12.1 Å². The molecule has 0 aliphatic heterocycles. The maximum Gasteiger partial charge on any atom is 0.123 e. The van der Waals surface area contributed by atoms with Gasteiger partial charge in [0.25, 0.3) is 0 Å². The first-order valence-corrected chi connectivity index (χ1v) is 6.25. The largest absolute Gasteiger partial charge is 0.364 e. The molecule has 0 fully saturated rings. The SMILES string of the molecule is CC(c1ccc(F)cc1)(c1ccc[nH]1)c1ccc[nH]1. The molecule has 0 atom stereocenters. The second-order valence-corrected chi connectivity index (χ2v) is 4.80. The summed E-state index contributed by atoms with van der Waals surface area (Å²) in [6, 6.07) is 14.7. The van der Waals surface area contributed by atoms with Crippen LogP contribution in [0.2, 0.25) is 0 Å². The Bertz CT molecular complexity index is 602. The third-order valence-electron chi connectivity index (χ3n) is 3.69. The lowest BCUT2D eigenvalue weighted by Gasteiger charge is -2.28. The molecule has 0 unspecified atom stereocenters. The van der Waals surface area contributed by atoms with Crippen molar-refractivity contribution in [3.05, 3.63) is 83.7 Å². The fourth-order valence-corrected chi connectivity index (χ4v) is 2.52. The van der Waals surface area contributed by atoms with Crippen molar-refractivity contribution < 1.29 is 4.39 Å². The number of hydrogen-bond donors (Lipinski definition) is 2. The summed E-state index contributed by atoms with van der Waals surface area (Å²) in [6.07, 6.45) is 3.81. The maximum atomic E-state index is 13.1. The van der Waals surface area contributed by atoms with E-state index >= 15 is 0 Å². The van der Waals surface area contributed by atoms with E-state index in [4.69, 9.17) is 0 Å². The average Bonchev–Trinajstić information content (AvgIpc) is 3.12. The van der Waals surface area contributed by atoms with Gasteiger partial charge in [0.1, 0.15) is 5.82 Å². The summed E-state index contributed by atoms with van der Waals surface area (Å²) >= 11 is 0. The third-order valence-corrected chi connectivity index (χ3v) is 3.69. The van der Waals surface area contributed by atoms with Gasteiger partial charge in [-0.2, -0.15) is 0 Å². The molecule has 3 heteroatoms. The van der Waals surface area contributed by atoms with Crippen LogP contribution in [0.15, 0.2) is 60.9 Å². The topological polar surface area (TPSA) is 31.6 Å². The van der Waals surface area contributed by atoms with Crippen LogP contribution in [0.4, 0.5) is 4.39 Å². The van der Waals surface area contributed by atoms with Crippen LogP contribution in [0.1, 0.15) is 23.9 Å². The van der Waals surface area contributed by atoms with E-state index in [-0.39, 0.29) is 11.2 Å². The zero-order valence-corrected chi connectivity index (χ0v) is 10.7. The van der Waals surface area contributed by atoms with Gasteiger partial charge < -0.3 is 9.97 Å². The van der Waals surface area contributed by atoms with Crippen LogP contribution in [0.5, 0.6) is 0 Å². The molecule has 19 heavy (non-hydrogen) atoms. The van der Waals surface area contributed by atoms with Crippen molar-refractivity contribution in [2.45, 2.75) is 12.3 Å². The molecule has 2 heterocycles. The lowest BCUT2D eigenvalue weighted by Crippen LogP contribution is -2.26. The highest BCUT2D eigenvalue weighted by atomic mass is 19.1. The van der Waals surface area contributed by atoms with Crippen molar-refractivity contribution in [2.24, 2.45) is 0 Å². The quantitative estimate of drug-likeness (QED) is 0.711. The molecule has 0 bridgehead atoms. The van der Waals surface area contributed by atoms with Gasteiger partial charge in [-0.15, -0.1) is 0 Å². The molecule has 0 aliphatic rings. The van der Waals surface area contributed by atoms with Crippen LogP contribution >= 0.6 is 0 Å². The maximum absolute atomic E-state index is 13.1. The molecule has 0 saturated heterocycles. The molecular weight excluding hydrogens is 239 g/mol. The number of aromatic amines is 2. The molecule has 1 aromatic carbocycles. The van der Waals surface area contributed by atoms with E-state index in [0.29, 0.717) is 0 Å². The number of rotatable bonds is 3. The summed E-state index contributed by atoms with van der Waals surface area (Å²) in [7, 11) is 0. The second-order valence-electron chi connectivity index (χ2n) is 4.80. The van der Waals surface area contributed by atoms with Gasteiger partial charge in [-0.05, 0) is 48.9 Å². The number of hydrogen-bond acceptors (Lipinski definition) is 0. The van der Waals surface area contributed by atoms with Crippen molar-refractivity contribution in [3.8, 4) is 0 Å². The molecule has 2 aromatic heterocycles. The smallest absolute Gasteiger partial charge is 0.123 e. The second kappa shape index (κ2) is 4.43. The number of nitrogens with one attached hydrogen (secondary N) is 2. The Morgan fingerprint density at radius 2 is 1.37 bits per heavy atom. The van der Waals surface area contributed by atoms with Gasteiger partial charge in [0.05, 0.1) is 5.41 Å². The Morgan fingerprint density at radius 3 is 1.79 bits per heavy atom. The van der Waals surface area contributed by atoms with Crippen LogP contribution in [0.25, 0.3) is 0 Å². The average molecular weight is 254 g/mol. The summed E-state index contributed by atoms with van der Waals surface area (Å²) in [5, 5.41) is 0. The van der Waals surface area contributed by atoms with Crippen molar-refractivity contribution in [2.75, 3.05) is 0 Å². The molecule has 2 nitrogen and oxygen atoms in total. The van der Waals surface area contributed by atoms with Crippen LogP contribution < -0.4 is 0 Å². The van der Waals surface area contributed by atoms with Gasteiger partial charge in [-0.3, -0.25) is 0 Å². The minimum atomic E-state index is -0.347. The Morgan fingerprint density at radius 1 is 0.842 bits per heavy atom. The molecule has 0 radical (unpaired) electrons. The molecule has 96 valence electrons. The van der Waals surface area contributed by atoms with Gasteiger partial charge >= 0.3 is 0 Å². The first-order valence-electron chi connectivity index (χ1n) is 6.25. The highest BCUT2D eigenvalue weighted by molar-refractivity contribution is 5.44. The summed E-state index contributed by atoms with van der Waals surface area (Å²) in [5.41, 5.74) is 2.84. The lowest BCUT2D eigenvalue weighted by molar-refractivity contribution is 0.617. The summed E-state index contributed by atoms with van der Waals surface area (Å²) in [6.45, 7) is 2.12. The standard InChI is InChI=1S/C16H15FN2/c1-16(14-4-2-10-18-14,15-5-3-11-19-15)12-6-8-13(17)9-7-12/h2-11,18-19H,1H3. The van der Waals surface area contributed by atoms with Gasteiger partial charge in [0.15, 0.2) is 0 Å². The first kappa shape index (κ1) is 11.8. The fraction of sp³-hybridized carbons (Fsp3) is 0.125. The van der Waals surface area contributed by atoms with Crippen molar-refractivity contribution >= 4 is 0 Å². The van der Waals surface area contributed by atoms with Crippen molar-refractivity contribution in [1.29, 1.82) is 0 Å². The van der Waals surface area contributed by atoms with E-state index < -0.39 is 0 Å². The highest BCUT2D eigenvalue weighted by Crippen LogP contribution is 2.36. The molecule has 2 N–H and O–H groups in total. The van der Waals surface area contributed by atoms with Crippen LogP contribution in [0, 0.1) is 5.82 Å². The Hall–Kier alpha value is -2.29. The first-order chi connectivity index (χ1) is 9.21. The number of benzene rings is 1. The molecule has 0 spiro atoms. The molecule has 3 aromatic rings. The predicted molar refractivity (Wildman–Crippen MR) is 73.5 cm³/mol. The van der Waals surface area contributed by atoms with Crippen LogP contribution in [0.3, 0.4) is 0 Å². The monoisotopic (exact) mass is 254 g/mol. The van der Waals surface area contributed by atoms with Gasteiger partial charge in [0, 0.05) is 23.8 Å². The number of aromatic nitrogens is 2. The molecule has 3 rings (SSSR count). The molecule has 0 amide bonds. The van der Waals surface area contributed by atoms with Crippen LogP contribution in [-0.4, -0.2) is 9.97 Å². The molecule has 0 aliphatic carbocycles. The number of halogens is 1. The highest BCUT2D eigenvalue weighted by Gasteiger charge is 2.32. The van der Waals surface area contributed by atoms with E-state index in [1.807, 2.05) is 48.8 Å². The molecule has 0 saturated carbocycles. The minimum Gasteiger partial charge on any atom is -0.364 e. The molecular formula is C16H15FN2. The zero-order valence-electron chi connectivity index (χ0n) is 10.7. The Kier molecular flexibility index (Phi) is 2.75. The normalized spacial score (nSPS) is 11.7. The fourth-order valence-electron chi connectivity index (χ4n) is 2.52. The summed E-state index contributed by atoms with van der Waals surface area (Å²) in [4.78, 5) is 6.53. The predicted octanol–water partition coefficient (Wildman–Crippen LogP) is 3.84. The van der Waals surface area contributed by atoms with E-state index in [9.17, 15) is 4.39 Å². The van der Waals surface area contributed by atoms with E-state index in [1.54, 1.807) is 0 Å². The van der Waals surface area contributed by atoms with E-state index in [0.717, 1.165) is 17.0 Å². The number of H-pyrrole nitrogens is 2. The Labute approximate surface area is 111 Å².